The van der Waals surface area contributed by atoms with Crippen LogP contribution in [0.3, 0.4) is 0 Å². The van der Waals surface area contributed by atoms with Crippen molar-refractivity contribution in [1.82, 2.24) is 25.1 Å². The Bertz CT molecular complexity index is 974. The van der Waals surface area contributed by atoms with Crippen molar-refractivity contribution in [3.63, 3.8) is 0 Å². The van der Waals surface area contributed by atoms with Crippen molar-refractivity contribution < 1.29 is 4.79 Å². The molecule has 2 N–H and O–H groups in total. The number of carbonyl (C=O) groups excluding carboxylic acids is 1. The van der Waals surface area contributed by atoms with Crippen LogP contribution in [0, 0.1) is 5.92 Å². The molecule has 1 amide bonds. The summed E-state index contributed by atoms with van der Waals surface area (Å²) in [5, 5.41) is 12.7. The van der Waals surface area contributed by atoms with Crippen LogP contribution in [0.25, 0.3) is 11.0 Å². The Morgan fingerprint density at radius 3 is 2.79 bits per heavy atom. The average molecular weight is 419 g/mol. The minimum Gasteiger partial charge on any atom is -0.369 e. The van der Waals surface area contributed by atoms with Gasteiger partial charge in [0.2, 0.25) is 0 Å². The van der Waals surface area contributed by atoms with Crippen molar-refractivity contribution in [2.75, 3.05) is 24.7 Å². The molecule has 0 fully saturated rings. The summed E-state index contributed by atoms with van der Waals surface area (Å²) in [6, 6.07) is 6.98. The number of aromatic nitrogens is 4. The predicted octanol–water partition coefficient (Wildman–Crippen LogP) is 3.70. The van der Waals surface area contributed by atoms with Crippen LogP contribution in [0.1, 0.15) is 24.2 Å². The molecule has 2 heterocycles. The van der Waals surface area contributed by atoms with Crippen LogP contribution in [-0.2, 0) is 6.54 Å². The lowest BCUT2D eigenvalue weighted by atomic mass is 10.2. The van der Waals surface area contributed by atoms with Crippen LogP contribution in [0.2, 0.25) is 5.02 Å². The Hall–Kier alpha value is -2.32. The highest BCUT2D eigenvalue weighted by molar-refractivity contribution is 7.98. The van der Waals surface area contributed by atoms with E-state index in [2.05, 4.69) is 39.5 Å². The van der Waals surface area contributed by atoms with Gasteiger partial charge in [0.25, 0.3) is 5.91 Å². The number of benzene rings is 1. The summed E-state index contributed by atoms with van der Waals surface area (Å²) < 4.78 is 1.78. The molecular formula is C19H23ClN6OS. The quantitative estimate of drug-likeness (QED) is 0.428. The molecule has 7 nitrogen and oxygen atoms in total. The Balaban J connectivity index is 1.73. The van der Waals surface area contributed by atoms with E-state index < -0.39 is 0 Å². The number of rotatable bonds is 8. The first-order chi connectivity index (χ1) is 13.5. The molecule has 3 rings (SSSR count). The summed E-state index contributed by atoms with van der Waals surface area (Å²) >= 11 is 7.56. The van der Waals surface area contributed by atoms with Crippen LogP contribution in [0.15, 0.2) is 35.6 Å². The normalized spacial score (nSPS) is 11.2. The Morgan fingerprint density at radius 2 is 2.07 bits per heavy atom. The monoisotopic (exact) mass is 418 g/mol. The number of carbonyl (C=O) groups is 1. The standard InChI is InChI=1S/C19H23ClN6OS/c1-12(2)10-22-16-14-11-23-26(17(14)25-19(24-16)28-3)9-8-21-18(27)13-6-4-5-7-15(13)20/h4-7,11-12H,8-10H2,1-3H3,(H,21,27)(H,22,24,25). The Labute approximate surface area is 173 Å². The van der Waals surface area contributed by atoms with E-state index in [9.17, 15) is 4.79 Å². The first kappa shape index (κ1) is 20.4. The van der Waals surface area contributed by atoms with E-state index in [1.807, 2.05) is 6.26 Å². The van der Waals surface area contributed by atoms with Crippen LogP contribution in [0.5, 0.6) is 0 Å². The fourth-order valence-corrected chi connectivity index (χ4v) is 3.22. The third-order valence-corrected chi connectivity index (χ3v) is 4.94. The Morgan fingerprint density at radius 1 is 1.29 bits per heavy atom. The van der Waals surface area contributed by atoms with Gasteiger partial charge in [-0.3, -0.25) is 4.79 Å². The first-order valence-corrected chi connectivity index (χ1v) is 10.6. The molecule has 28 heavy (non-hydrogen) atoms. The fourth-order valence-electron chi connectivity index (χ4n) is 2.64. The topological polar surface area (TPSA) is 84.7 Å². The van der Waals surface area contributed by atoms with Gasteiger partial charge in [-0.2, -0.15) is 5.10 Å². The predicted molar refractivity (Wildman–Crippen MR) is 114 cm³/mol. The zero-order chi connectivity index (χ0) is 20.1. The maximum absolute atomic E-state index is 12.3. The molecule has 3 aromatic rings. The zero-order valence-corrected chi connectivity index (χ0v) is 17.6. The largest absolute Gasteiger partial charge is 0.369 e. The van der Waals surface area contributed by atoms with Gasteiger partial charge in [-0.15, -0.1) is 0 Å². The molecule has 0 bridgehead atoms. The molecule has 0 atom stereocenters. The molecular weight excluding hydrogens is 396 g/mol. The van der Waals surface area contributed by atoms with Crippen LogP contribution in [0.4, 0.5) is 5.82 Å². The van der Waals surface area contributed by atoms with Crippen LogP contribution < -0.4 is 10.6 Å². The summed E-state index contributed by atoms with van der Waals surface area (Å²) in [7, 11) is 0. The van der Waals surface area contributed by atoms with Gasteiger partial charge < -0.3 is 10.6 Å². The first-order valence-electron chi connectivity index (χ1n) is 9.03. The van der Waals surface area contributed by atoms with Gasteiger partial charge >= 0.3 is 0 Å². The van der Waals surface area contributed by atoms with E-state index in [1.165, 1.54) is 11.8 Å². The second kappa shape index (κ2) is 9.25. The number of anilines is 1. The molecule has 0 aliphatic rings. The molecule has 9 heteroatoms. The van der Waals surface area contributed by atoms with Crippen LogP contribution >= 0.6 is 23.4 Å². The van der Waals surface area contributed by atoms with Crippen LogP contribution in [-0.4, -0.2) is 45.0 Å². The SMILES string of the molecule is CSc1nc(NCC(C)C)c2cnn(CCNC(=O)c3ccccc3Cl)c2n1. The molecule has 0 unspecified atom stereocenters. The molecule has 0 saturated heterocycles. The highest BCUT2D eigenvalue weighted by Gasteiger charge is 2.14. The van der Waals surface area contributed by atoms with E-state index in [-0.39, 0.29) is 5.91 Å². The van der Waals surface area contributed by atoms with E-state index in [4.69, 9.17) is 11.6 Å². The maximum atomic E-state index is 12.3. The number of halogens is 1. The number of nitrogens with one attached hydrogen (secondary N) is 2. The van der Waals surface area contributed by atoms with Gasteiger partial charge in [-0.25, -0.2) is 14.6 Å². The van der Waals surface area contributed by atoms with Gasteiger partial charge in [0.05, 0.1) is 28.7 Å². The fraction of sp³-hybridized carbons (Fsp3) is 0.368. The van der Waals surface area contributed by atoms with E-state index >= 15 is 0 Å². The van der Waals surface area contributed by atoms with E-state index in [0.717, 1.165) is 23.4 Å². The maximum Gasteiger partial charge on any atom is 0.252 e. The molecule has 0 radical (unpaired) electrons. The minimum atomic E-state index is -0.208. The minimum absolute atomic E-state index is 0.208. The van der Waals surface area contributed by atoms with Gasteiger partial charge in [0, 0.05) is 13.1 Å². The zero-order valence-electron chi connectivity index (χ0n) is 16.1. The molecule has 0 saturated carbocycles. The van der Waals surface area contributed by atoms with Crippen molar-refractivity contribution in [3.8, 4) is 0 Å². The van der Waals surface area contributed by atoms with Gasteiger partial charge in [0.15, 0.2) is 10.8 Å². The summed E-state index contributed by atoms with van der Waals surface area (Å²) in [5.41, 5.74) is 1.21. The highest BCUT2D eigenvalue weighted by atomic mass is 35.5. The Kier molecular flexibility index (Phi) is 6.74. The van der Waals surface area contributed by atoms with Gasteiger partial charge in [-0.05, 0) is 24.3 Å². The number of amides is 1. The number of fused-ring (bicyclic) bond motifs is 1. The molecule has 1 aromatic carbocycles. The second-order valence-electron chi connectivity index (χ2n) is 6.67. The lowest BCUT2D eigenvalue weighted by molar-refractivity contribution is 0.0952. The number of thioether (sulfide) groups is 1. The van der Waals surface area contributed by atoms with Crippen molar-refractivity contribution >= 4 is 46.1 Å². The molecule has 2 aromatic heterocycles. The van der Waals surface area contributed by atoms with Crippen molar-refractivity contribution in [1.29, 1.82) is 0 Å². The van der Waals surface area contributed by atoms with Crippen molar-refractivity contribution in [3.05, 3.63) is 41.0 Å². The van der Waals surface area contributed by atoms with Crippen molar-refractivity contribution in [2.45, 2.75) is 25.5 Å². The van der Waals surface area contributed by atoms with Gasteiger partial charge in [0.1, 0.15) is 5.82 Å². The highest BCUT2D eigenvalue weighted by Crippen LogP contribution is 2.23. The average Bonchev–Trinajstić information content (AvgIpc) is 3.09. The van der Waals surface area contributed by atoms with E-state index in [0.29, 0.717) is 34.7 Å². The third kappa shape index (κ3) is 4.74. The molecule has 0 aliphatic heterocycles. The lowest BCUT2D eigenvalue weighted by Crippen LogP contribution is -2.27. The number of nitrogens with zero attached hydrogens (tertiary/aromatic N) is 4. The van der Waals surface area contributed by atoms with Crippen molar-refractivity contribution in [2.24, 2.45) is 5.92 Å². The molecule has 0 aliphatic carbocycles. The summed E-state index contributed by atoms with van der Waals surface area (Å²) in [5.74, 6) is 1.08. The summed E-state index contributed by atoms with van der Waals surface area (Å²) in [4.78, 5) is 21.5. The molecule has 148 valence electrons. The van der Waals surface area contributed by atoms with Gasteiger partial charge in [-0.1, -0.05) is 49.3 Å². The number of hydrogen-bond acceptors (Lipinski definition) is 6. The molecule has 0 spiro atoms. The smallest absolute Gasteiger partial charge is 0.252 e. The summed E-state index contributed by atoms with van der Waals surface area (Å²) in [6.07, 6.45) is 3.70. The number of hydrogen-bond donors (Lipinski definition) is 2. The second-order valence-corrected chi connectivity index (χ2v) is 7.85. The summed E-state index contributed by atoms with van der Waals surface area (Å²) in [6.45, 7) is 6.01. The van der Waals surface area contributed by atoms with E-state index in [1.54, 1.807) is 35.1 Å². The third-order valence-electron chi connectivity index (χ3n) is 4.06. The lowest BCUT2D eigenvalue weighted by Gasteiger charge is -2.11.